The lowest BCUT2D eigenvalue weighted by atomic mass is 9.99. The third-order valence-electron chi connectivity index (χ3n) is 5.54. The van der Waals surface area contributed by atoms with Gasteiger partial charge in [-0.1, -0.05) is 5.16 Å². The number of amides is 1. The highest BCUT2D eigenvalue weighted by molar-refractivity contribution is 5.93. The average Bonchev–Trinajstić information content (AvgIpc) is 3.32. The minimum atomic E-state index is -0.0637. The molecule has 2 aliphatic heterocycles. The van der Waals surface area contributed by atoms with Gasteiger partial charge in [0.1, 0.15) is 11.9 Å². The fourth-order valence-electron chi connectivity index (χ4n) is 4.32. The molecule has 3 aromatic heterocycles. The second-order valence-corrected chi connectivity index (χ2v) is 7.32. The van der Waals surface area contributed by atoms with Crippen LogP contribution in [-0.2, 0) is 0 Å². The number of fused-ring (bicyclic) bond motifs is 2. The molecule has 0 aromatic carbocycles. The maximum Gasteiger partial charge on any atom is 0.276 e. The summed E-state index contributed by atoms with van der Waals surface area (Å²) in [6, 6.07) is 9.54. The first-order valence-electron chi connectivity index (χ1n) is 9.54. The molecule has 2 bridgehead atoms. The monoisotopic (exact) mass is 376 g/mol. The molecule has 3 aromatic rings. The smallest absolute Gasteiger partial charge is 0.276 e. The lowest BCUT2D eigenvalue weighted by Gasteiger charge is -2.38. The van der Waals surface area contributed by atoms with Gasteiger partial charge in [0, 0.05) is 55.1 Å². The Morgan fingerprint density at radius 2 is 1.82 bits per heavy atom. The Morgan fingerprint density at radius 1 is 1.07 bits per heavy atom. The predicted molar refractivity (Wildman–Crippen MR) is 101 cm³/mol. The van der Waals surface area contributed by atoms with E-state index in [1.165, 1.54) is 0 Å². The summed E-state index contributed by atoms with van der Waals surface area (Å²) in [5.74, 6) is 1.27. The molecule has 0 N–H and O–H groups in total. The van der Waals surface area contributed by atoms with E-state index in [0.29, 0.717) is 11.5 Å². The summed E-state index contributed by atoms with van der Waals surface area (Å²) >= 11 is 0. The second kappa shape index (κ2) is 7.07. The van der Waals surface area contributed by atoms with E-state index in [9.17, 15) is 4.79 Å². The van der Waals surface area contributed by atoms with Crippen molar-refractivity contribution in [1.82, 2.24) is 20.0 Å². The van der Waals surface area contributed by atoms with Crippen LogP contribution in [-0.4, -0.2) is 44.1 Å². The first-order valence-corrected chi connectivity index (χ1v) is 9.54. The van der Waals surface area contributed by atoms with Gasteiger partial charge in [0.15, 0.2) is 11.5 Å². The number of nitrogens with zero attached hydrogens (tertiary/aromatic N) is 4. The highest BCUT2D eigenvalue weighted by Gasteiger charge is 2.45. The Kier molecular flexibility index (Phi) is 4.27. The fourth-order valence-corrected chi connectivity index (χ4v) is 4.32. The largest absolute Gasteiger partial charge is 0.489 e. The molecule has 28 heavy (non-hydrogen) atoms. The SMILES string of the molecule is O=C(c1cc(-c2cccnc2)on1)N1C2CCC1CC(Oc1cccnc1)C2. The van der Waals surface area contributed by atoms with Gasteiger partial charge in [0.2, 0.25) is 0 Å². The van der Waals surface area contributed by atoms with Crippen LogP contribution in [0.15, 0.2) is 59.6 Å². The summed E-state index contributed by atoms with van der Waals surface area (Å²) in [5.41, 5.74) is 1.16. The number of rotatable bonds is 4. The normalized spacial score (nSPS) is 23.6. The molecule has 7 nitrogen and oxygen atoms in total. The Bertz CT molecular complexity index is 946. The first kappa shape index (κ1) is 16.9. The third kappa shape index (κ3) is 3.13. The van der Waals surface area contributed by atoms with Crippen molar-refractivity contribution >= 4 is 5.91 Å². The molecular formula is C21H20N4O3. The Balaban J connectivity index is 1.30. The van der Waals surface area contributed by atoms with Crippen molar-refractivity contribution in [2.75, 3.05) is 0 Å². The van der Waals surface area contributed by atoms with Crippen molar-refractivity contribution in [3.8, 4) is 17.1 Å². The minimum absolute atomic E-state index is 0.0637. The second-order valence-electron chi connectivity index (χ2n) is 7.32. The van der Waals surface area contributed by atoms with Crippen molar-refractivity contribution in [3.05, 3.63) is 60.8 Å². The van der Waals surface area contributed by atoms with Crippen LogP contribution in [0.3, 0.4) is 0 Å². The van der Waals surface area contributed by atoms with Gasteiger partial charge >= 0.3 is 0 Å². The van der Waals surface area contributed by atoms with E-state index in [-0.39, 0.29) is 24.1 Å². The Labute approximate surface area is 162 Å². The minimum Gasteiger partial charge on any atom is -0.489 e. The van der Waals surface area contributed by atoms with Crippen molar-refractivity contribution in [2.45, 2.75) is 43.9 Å². The van der Waals surface area contributed by atoms with E-state index < -0.39 is 0 Å². The molecule has 142 valence electrons. The van der Waals surface area contributed by atoms with E-state index in [1.54, 1.807) is 30.9 Å². The zero-order valence-electron chi connectivity index (χ0n) is 15.3. The summed E-state index contributed by atoms with van der Waals surface area (Å²) in [7, 11) is 0. The number of ether oxygens (including phenoxy) is 1. The molecule has 7 heteroatoms. The van der Waals surface area contributed by atoms with Gasteiger partial charge in [0.25, 0.3) is 5.91 Å². The van der Waals surface area contributed by atoms with E-state index in [4.69, 9.17) is 9.26 Å². The maximum atomic E-state index is 13.1. The van der Waals surface area contributed by atoms with Gasteiger partial charge in [-0.05, 0) is 37.1 Å². The Hall–Kier alpha value is -3.22. The van der Waals surface area contributed by atoms with E-state index in [0.717, 1.165) is 37.0 Å². The predicted octanol–water partition coefficient (Wildman–Crippen LogP) is 3.35. The van der Waals surface area contributed by atoms with Crippen LogP contribution < -0.4 is 4.74 Å². The van der Waals surface area contributed by atoms with Crippen LogP contribution in [0, 0.1) is 0 Å². The van der Waals surface area contributed by atoms with E-state index in [1.807, 2.05) is 29.2 Å². The topological polar surface area (TPSA) is 81.4 Å². The lowest BCUT2D eigenvalue weighted by molar-refractivity contribution is 0.0350. The summed E-state index contributed by atoms with van der Waals surface area (Å²) in [6.07, 6.45) is 10.6. The molecule has 2 unspecified atom stereocenters. The highest BCUT2D eigenvalue weighted by atomic mass is 16.5. The van der Waals surface area contributed by atoms with Gasteiger partial charge in [-0.15, -0.1) is 0 Å². The van der Waals surface area contributed by atoms with Crippen LogP contribution in [0.5, 0.6) is 5.75 Å². The highest BCUT2D eigenvalue weighted by Crippen LogP contribution is 2.38. The van der Waals surface area contributed by atoms with Crippen LogP contribution in [0.4, 0.5) is 0 Å². The molecular weight excluding hydrogens is 356 g/mol. The first-order chi connectivity index (χ1) is 13.8. The number of hydrogen-bond acceptors (Lipinski definition) is 6. The maximum absolute atomic E-state index is 13.1. The molecule has 5 rings (SSSR count). The van der Waals surface area contributed by atoms with Gasteiger partial charge in [-0.3, -0.25) is 14.8 Å². The van der Waals surface area contributed by atoms with Gasteiger partial charge in [0.05, 0.1) is 6.20 Å². The van der Waals surface area contributed by atoms with Crippen LogP contribution >= 0.6 is 0 Å². The van der Waals surface area contributed by atoms with Gasteiger partial charge in [-0.25, -0.2) is 0 Å². The molecule has 0 saturated carbocycles. The molecule has 5 heterocycles. The molecule has 0 radical (unpaired) electrons. The van der Waals surface area contributed by atoms with Crippen LogP contribution in [0.1, 0.15) is 36.2 Å². The van der Waals surface area contributed by atoms with Gasteiger partial charge in [-0.2, -0.15) is 0 Å². The van der Waals surface area contributed by atoms with Gasteiger partial charge < -0.3 is 14.2 Å². The number of hydrogen-bond donors (Lipinski definition) is 0. The quantitative estimate of drug-likeness (QED) is 0.695. The molecule has 2 saturated heterocycles. The summed E-state index contributed by atoms with van der Waals surface area (Å²) in [5, 5.41) is 4.02. The molecule has 2 fully saturated rings. The number of carbonyl (C=O) groups excluding carboxylic acids is 1. The third-order valence-corrected chi connectivity index (χ3v) is 5.54. The molecule has 0 aliphatic carbocycles. The number of pyridine rings is 2. The van der Waals surface area contributed by atoms with Crippen molar-refractivity contribution in [2.24, 2.45) is 0 Å². The number of aromatic nitrogens is 3. The zero-order chi connectivity index (χ0) is 18.9. The fraction of sp³-hybridized carbons (Fsp3) is 0.333. The number of piperidine rings is 1. The van der Waals surface area contributed by atoms with Crippen molar-refractivity contribution in [1.29, 1.82) is 0 Å². The number of carbonyl (C=O) groups is 1. The molecule has 2 atom stereocenters. The summed E-state index contributed by atoms with van der Waals surface area (Å²) in [6.45, 7) is 0. The zero-order valence-corrected chi connectivity index (χ0v) is 15.3. The molecule has 0 spiro atoms. The summed E-state index contributed by atoms with van der Waals surface area (Å²) in [4.78, 5) is 23.3. The average molecular weight is 376 g/mol. The Morgan fingerprint density at radius 3 is 2.50 bits per heavy atom. The summed E-state index contributed by atoms with van der Waals surface area (Å²) < 4.78 is 11.5. The molecule has 2 aliphatic rings. The van der Waals surface area contributed by atoms with Crippen molar-refractivity contribution in [3.63, 3.8) is 0 Å². The lowest BCUT2D eigenvalue weighted by Crippen LogP contribution is -2.49. The van der Waals surface area contributed by atoms with Crippen LogP contribution in [0.25, 0.3) is 11.3 Å². The van der Waals surface area contributed by atoms with E-state index in [2.05, 4.69) is 15.1 Å². The molecule has 1 amide bonds. The van der Waals surface area contributed by atoms with Crippen molar-refractivity contribution < 1.29 is 14.1 Å². The standard InChI is InChI=1S/C21H20N4O3/c26-21(19-11-20(28-24-19)14-3-1-7-22-12-14)25-15-5-6-16(25)10-18(9-15)27-17-4-2-8-23-13-17/h1-4,7-8,11-13,15-16,18H,5-6,9-10H2. The van der Waals surface area contributed by atoms with E-state index >= 15 is 0 Å². The van der Waals surface area contributed by atoms with Crippen LogP contribution in [0.2, 0.25) is 0 Å².